The van der Waals surface area contributed by atoms with Gasteiger partial charge in [-0.3, -0.25) is 0 Å². The van der Waals surface area contributed by atoms with Gasteiger partial charge < -0.3 is 9.88 Å². The predicted molar refractivity (Wildman–Crippen MR) is 70.9 cm³/mol. The van der Waals surface area contributed by atoms with Crippen molar-refractivity contribution in [3.63, 3.8) is 0 Å². The Morgan fingerprint density at radius 1 is 1.20 bits per heavy atom. The molecule has 0 aromatic carbocycles. The maximum absolute atomic E-state index is 3.45. The molecule has 2 nitrogen and oxygen atoms in total. The molecule has 0 radical (unpaired) electrons. The second-order valence-electron chi connectivity index (χ2n) is 5.93. The summed E-state index contributed by atoms with van der Waals surface area (Å²) in [5.74, 6) is 0. The van der Waals surface area contributed by atoms with Gasteiger partial charge in [0.1, 0.15) is 8.24 Å². The Bertz CT molecular complexity index is 196. The molecular formula is C12H28N2Si. The Morgan fingerprint density at radius 2 is 1.73 bits per heavy atom. The third-order valence-corrected chi connectivity index (χ3v) is 10.0. The highest BCUT2D eigenvalue weighted by atomic mass is 28.3. The van der Waals surface area contributed by atoms with Crippen molar-refractivity contribution in [1.29, 1.82) is 0 Å². The average Bonchev–Trinajstić information content (AvgIpc) is 2.19. The first-order valence-corrected chi connectivity index (χ1v) is 9.32. The smallest absolute Gasteiger partial charge is 0.127 e. The predicted octanol–water partition coefficient (Wildman–Crippen LogP) is 2.68. The summed E-state index contributed by atoms with van der Waals surface area (Å²) in [5.41, 5.74) is 0. The summed E-state index contributed by atoms with van der Waals surface area (Å²) in [4.78, 5) is 0. The van der Waals surface area contributed by atoms with E-state index in [1.165, 1.54) is 39.0 Å². The second-order valence-corrected chi connectivity index (χ2v) is 11.0. The van der Waals surface area contributed by atoms with Gasteiger partial charge in [0, 0.05) is 26.2 Å². The van der Waals surface area contributed by atoms with E-state index in [0.717, 1.165) is 0 Å². The molecule has 0 amide bonds. The summed E-state index contributed by atoms with van der Waals surface area (Å²) < 4.78 is 2.79. The minimum Gasteiger partial charge on any atom is -0.321 e. The maximum Gasteiger partial charge on any atom is 0.127 e. The fourth-order valence-electron chi connectivity index (χ4n) is 2.58. The highest BCUT2D eigenvalue weighted by molar-refractivity contribution is 6.77. The normalized spacial score (nSPS) is 20.6. The molecule has 15 heavy (non-hydrogen) atoms. The van der Waals surface area contributed by atoms with E-state index in [9.17, 15) is 0 Å². The molecule has 1 heterocycles. The molecule has 0 aromatic heterocycles. The van der Waals surface area contributed by atoms with Crippen molar-refractivity contribution in [1.82, 2.24) is 9.88 Å². The van der Waals surface area contributed by atoms with E-state index < -0.39 is 8.24 Å². The van der Waals surface area contributed by atoms with Gasteiger partial charge in [-0.05, 0) is 11.5 Å². The molecular weight excluding hydrogens is 200 g/mol. The zero-order chi connectivity index (χ0) is 11.5. The molecule has 1 N–H and O–H groups in total. The van der Waals surface area contributed by atoms with E-state index in [2.05, 4.69) is 43.7 Å². The lowest BCUT2D eigenvalue weighted by Gasteiger charge is -2.49. The van der Waals surface area contributed by atoms with Crippen LogP contribution in [-0.2, 0) is 0 Å². The number of nitrogens with zero attached hydrogens (tertiary/aromatic N) is 1. The first kappa shape index (κ1) is 13.2. The van der Waals surface area contributed by atoms with Crippen LogP contribution in [0.5, 0.6) is 0 Å². The number of piperazine rings is 1. The number of hydrogen-bond donors (Lipinski definition) is 1. The zero-order valence-corrected chi connectivity index (χ0v) is 12.2. The van der Waals surface area contributed by atoms with Gasteiger partial charge in [0.05, 0.1) is 0 Å². The summed E-state index contributed by atoms with van der Waals surface area (Å²) in [7, 11) is -1.26. The highest BCUT2D eigenvalue weighted by Gasteiger charge is 2.43. The topological polar surface area (TPSA) is 15.3 Å². The molecule has 0 bridgehead atoms. The van der Waals surface area contributed by atoms with Crippen molar-refractivity contribution in [3.8, 4) is 0 Å². The molecule has 0 aliphatic carbocycles. The minimum absolute atomic E-state index is 0.541. The van der Waals surface area contributed by atoms with Crippen LogP contribution in [0.1, 0.15) is 33.6 Å². The van der Waals surface area contributed by atoms with Crippen LogP contribution in [0.25, 0.3) is 0 Å². The quantitative estimate of drug-likeness (QED) is 0.744. The number of nitrogens with one attached hydrogen (secondary N) is 1. The molecule has 0 saturated carbocycles. The fraction of sp³-hybridized carbons (Fsp3) is 1.00. The highest BCUT2D eigenvalue weighted by Crippen LogP contribution is 2.43. The van der Waals surface area contributed by atoms with Crippen LogP contribution >= 0.6 is 0 Å². The van der Waals surface area contributed by atoms with Crippen LogP contribution in [-0.4, -0.2) is 39.0 Å². The monoisotopic (exact) mass is 228 g/mol. The molecule has 0 aromatic rings. The van der Waals surface area contributed by atoms with Gasteiger partial charge in [0.25, 0.3) is 0 Å². The summed E-state index contributed by atoms with van der Waals surface area (Å²) in [5, 5.41) is 3.99. The van der Waals surface area contributed by atoms with Gasteiger partial charge in [-0.15, -0.1) is 0 Å². The fourth-order valence-corrected chi connectivity index (χ4v) is 5.64. The molecule has 1 aliphatic rings. The van der Waals surface area contributed by atoms with Crippen molar-refractivity contribution < 1.29 is 0 Å². The summed E-state index contributed by atoms with van der Waals surface area (Å²) in [6, 6.07) is 0. The Balaban J connectivity index is 2.70. The van der Waals surface area contributed by atoms with E-state index in [4.69, 9.17) is 0 Å². The van der Waals surface area contributed by atoms with E-state index in [-0.39, 0.29) is 0 Å². The molecule has 0 unspecified atom stereocenters. The van der Waals surface area contributed by atoms with Crippen molar-refractivity contribution in [2.45, 2.75) is 51.7 Å². The molecule has 1 fully saturated rings. The van der Waals surface area contributed by atoms with Gasteiger partial charge in [0.2, 0.25) is 0 Å². The van der Waals surface area contributed by atoms with E-state index in [1.807, 2.05) is 0 Å². The van der Waals surface area contributed by atoms with Crippen LogP contribution in [0.3, 0.4) is 0 Å². The van der Waals surface area contributed by atoms with Crippen LogP contribution in [0.4, 0.5) is 0 Å². The van der Waals surface area contributed by atoms with Crippen molar-refractivity contribution in [2.75, 3.05) is 26.2 Å². The van der Waals surface area contributed by atoms with E-state index in [1.54, 1.807) is 0 Å². The summed E-state index contributed by atoms with van der Waals surface area (Å²) >= 11 is 0. The second kappa shape index (κ2) is 4.98. The van der Waals surface area contributed by atoms with Crippen molar-refractivity contribution >= 4 is 8.24 Å². The zero-order valence-electron chi connectivity index (χ0n) is 11.2. The first-order chi connectivity index (χ1) is 6.92. The lowest BCUT2D eigenvalue weighted by atomic mass is 10.1. The molecule has 0 spiro atoms. The Labute approximate surface area is 96.5 Å². The SMILES string of the molecule is CCCC(C)(C)[Si](C)(C)N1CCNCC1. The molecule has 1 rings (SSSR count). The van der Waals surface area contributed by atoms with Gasteiger partial charge >= 0.3 is 0 Å². The summed E-state index contributed by atoms with van der Waals surface area (Å²) in [6.45, 7) is 17.2. The van der Waals surface area contributed by atoms with Gasteiger partial charge in [0.15, 0.2) is 0 Å². The summed E-state index contributed by atoms with van der Waals surface area (Å²) in [6.07, 6.45) is 2.69. The van der Waals surface area contributed by atoms with E-state index >= 15 is 0 Å². The van der Waals surface area contributed by atoms with Gasteiger partial charge in [-0.2, -0.15) is 0 Å². The van der Waals surface area contributed by atoms with Crippen molar-refractivity contribution in [3.05, 3.63) is 0 Å². The average molecular weight is 228 g/mol. The van der Waals surface area contributed by atoms with Crippen LogP contribution < -0.4 is 5.32 Å². The third kappa shape index (κ3) is 2.83. The van der Waals surface area contributed by atoms with Crippen LogP contribution in [0, 0.1) is 0 Å². The molecule has 3 heteroatoms. The lowest BCUT2D eigenvalue weighted by molar-refractivity contribution is 0.337. The Hall–Kier alpha value is 0.137. The van der Waals surface area contributed by atoms with Crippen LogP contribution in [0.15, 0.2) is 0 Å². The lowest BCUT2D eigenvalue weighted by Crippen LogP contribution is -2.61. The Kier molecular flexibility index (Phi) is 4.38. The van der Waals surface area contributed by atoms with E-state index in [0.29, 0.717) is 5.04 Å². The van der Waals surface area contributed by atoms with Gasteiger partial charge in [-0.25, -0.2) is 0 Å². The third-order valence-electron chi connectivity index (χ3n) is 4.44. The molecule has 1 saturated heterocycles. The number of rotatable bonds is 4. The maximum atomic E-state index is 3.45. The standard InChI is InChI=1S/C12H28N2Si/c1-6-7-12(2,3)15(4,5)14-10-8-13-9-11-14/h13H,6-11H2,1-5H3. The molecule has 0 atom stereocenters. The van der Waals surface area contributed by atoms with Crippen molar-refractivity contribution in [2.24, 2.45) is 0 Å². The largest absolute Gasteiger partial charge is 0.321 e. The van der Waals surface area contributed by atoms with Crippen LogP contribution in [0.2, 0.25) is 18.1 Å². The minimum atomic E-state index is -1.26. The molecule has 90 valence electrons. The van der Waals surface area contributed by atoms with Gasteiger partial charge in [-0.1, -0.05) is 40.3 Å². The number of hydrogen-bond acceptors (Lipinski definition) is 2. The Morgan fingerprint density at radius 3 is 2.20 bits per heavy atom. The molecule has 1 aliphatic heterocycles. The first-order valence-electron chi connectivity index (χ1n) is 6.37.